The summed E-state index contributed by atoms with van der Waals surface area (Å²) in [5.41, 5.74) is 0.294. The van der Waals surface area contributed by atoms with Gasteiger partial charge in [-0.15, -0.1) is 0 Å². The molecule has 0 unspecified atom stereocenters. The molecule has 0 saturated heterocycles. The normalized spacial score (nSPS) is 11.0. The Balaban J connectivity index is 2.42. The third-order valence-corrected chi connectivity index (χ3v) is 5.56. The molecule has 0 heterocycles. The molecule has 2 aromatic rings. The van der Waals surface area contributed by atoms with Crippen molar-refractivity contribution < 1.29 is 19.0 Å². The second kappa shape index (κ2) is 6.87. The highest BCUT2D eigenvalue weighted by atomic mass is 28.3. The van der Waals surface area contributed by atoms with Gasteiger partial charge in [0.1, 0.15) is 22.8 Å². The third-order valence-electron chi connectivity index (χ3n) is 3.53. The first-order valence-corrected chi connectivity index (χ1v) is 10.9. The molecule has 0 radical (unpaired) electrons. The minimum Gasteiger partial charge on any atom is -0.496 e. The zero-order valence-electron chi connectivity index (χ0n) is 14.2. The molecule has 0 aliphatic rings. The van der Waals surface area contributed by atoms with E-state index in [9.17, 15) is 4.79 Å². The van der Waals surface area contributed by atoms with E-state index >= 15 is 0 Å². The number of hydrogen-bond donors (Lipinski definition) is 0. The molecular formula is C18H22O4Si. The van der Waals surface area contributed by atoms with Crippen molar-refractivity contribution in [1.29, 1.82) is 0 Å². The molecule has 23 heavy (non-hydrogen) atoms. The van der Waals surface area contributed by atoms with Gasteiger partial charge in [-0.2, -0.15) is 0 Å². The third kappa shape index (κ3) is 3.74. The van der Waals surface area contributed by atoms with Gasteiger partial charge in [-0.05, 0) is 23.4 Å². The Morgan fingerprint density at radius 3 is 1.87 bits per heavy atom. The highest BCUT2D eigenvalue weighted by Gasteiger charge is 2.25. The average Bonchev–Trinajstić information content (AvgIpc) is 2.53. The van der Waals surface area contributed by atoms with E-state index in [1.54, 1.807) is 18.2 Å². The Hall–Kier alpha value is -2.27. The fourth-order valence-corrected chi connectivity index (χ4v) is 3.85. The van der Waals surface area contributed by atoms with Crippen LogP contribution in [0.5, 0.6) is 17.2 Å². The molecule has 122 valence electrons. The lowest BCUT2D eigenvalue weighted by molar-refractivity contribution is 0.0729. The van der Waals surface area contributed by atoms with E-state index in [0.717, 1.165) is 5.19 Å². The van der Waals surface area contributed by atoms with Crippen LogP contribution in [0.1, 0.15) is 10.4 Å². The summed E-state index contributed by atoms with van der Waals surface area (Å²) in [6, 6.07) is 12.9. The Bertz CT molecular complexity index is 682. The molecule has 0 aliphatic heterocycles. The molecule has 0 bridgehead atoms. The van der Waals surface area contributed by atoms with E-state index in [4.69, 9.17) is 14.2 Å². The molecule has 0 fully saturated rings. The lowest BCUT2D eigenvalue weighted by Gasteiger charge is -2.20. The van der Waals surface area contributed by atoms with Gasteiger partial charge >= 0.3 is 5.97 Å². The predicted octanol–water partition coefficient (Wildman–Crippen LogP) is 3.47. The van der Waals surface area contributed by atoms with E-state index in [1.165, 1.54) is 14.2 Å². The lowest BCUT2D eigenvalue weighted by atomic mass is 10.2. The summed E-state index contributed by atoms with van der Waals surface area (Å²) < 4.78 is 16.2. The highest BCUT2D eigenvalue weighted by Crippen LogP contribution is 2.29. The van der Waals surface area contributed by atoms with E-state index < -0.39 is 14.0 Å². The van der Waals surface area contributed by atoms with Gasteiger partial charge in [-0.1, -0.05) is 43.9 Å². The van der Waals surface area contributed by atoms with E-state index in [0.29, 0.717) is 22.8 Å². The first-order valence-electron chi connectivity index (χ1n) is 7.41. The van der Waals surface area contributed by atoms with Gasteiger partial charge in [-0.3, -0.25) is 0 Å². The van der Waals surface area contributed by atoms with Crippen LogP contribution in [0.3, 0.4) is 0 Å². The van der Waals surface area contributed by atoms with Gasteiger partial charge < -0.3 is 14.2 Å². The SMILES string of the molecule is COc1cccc(OC)c1C(=O)Oc1ccccc1[Si](C)(C)C. The minimum atomic E-state index is -1.63. The average molecular weight is 330 g/mol. The van der Waals surface area contributed by atoms with E-state index in [2.05, 4.69) is 19.6 Å². The molecule has 4 nitrogen and oxygen atoms in total. The maximum absolute atomic E-state index is 12.7. The number of ether oxygens (including phenoxy) is 3. The van der Waals surface area contributed by atoms with Gasteiger partial charge in [0.15, 0.2) is 0 Å². The van der Waals surface area contributed by atoms with Gasteiger partial charge in [0, 0.05) is 0 Å². The van der Waals surface area contributed by atoms with Crippen molar-refractivity contribution in [2.45, 2.75) is 19.6 Å². The fourth-order valence-electron chi connectivity index (χ4n) is 2.38. The monoisotopic (exact) mass is 330 g/mol. The molecule has 2 aromatic carbocycles. The van der Waals surface area contributed by atoms with Gasteiger partial charge in [-0.25, -0.2) is 4.79 Å². The Kier molecular flexibility index (Phi) is 5.11. The topological polar surface area (TPSA) is 44.8 Å². The van der Waals surface area contributed by atoms with Crippen molar-refractivity contribution in [2.24, 2.45) is 0 Å². The maximum Gasteiger partial charge on any atom is 0.351 e. The van der Waals surface area contributed by atoms with Crippen LogP contribution in [0, 0.1) is 0 Å². The summed E-state index contributed by atoms with van der Waals surface area (Å²) in [7, 11) is 1.40. The zero-order valence-corrected chi connectivity index (χ0v) is 15.2. The van der Waals surface area contributed by atoms with Crippen LogP contribution in [0.15, 0.2) is 42.5 Å². The quantitative estimate of drug-likeness (QED) is 0.478. The van der Waals surface area contributed by atoms with Gasteiger partial charge in [0.25, 0.3) is 0 Å². The van der Waals surface area contributed by atoms with Crippen molar-refractivity contribution in [3.8, 4) is 17.2 Å². The molecule has 0 aromatic heterocycles. The number of hydrogen-bond acceptors (Lipinski definition) is 4. The summed E-state index contributed by atoms with van der Waals surface area (Å²) in [5.74, 6) is 0.981. The van der Waals surface area contributed by atoms with Crippen LogP contribution in [-0.4, -0.2) is 28.3 Å². The summed E-state index contributed by atoms with van der Waals surface area (Å²) >= 11 is 0. The number of esters is 1. The molecular weight excluding hydrogens is 308 g/mol. The Labute approximate surface area is 138 Å². The standard InChI is InChI=1S/C18H22O4Si/c1-20-14-10-8-11-15(21-2)17(14)18(19)22-13-9-6-7-12-16(13)23(3,4)5/h6-12H,1-5H3. The molecule has 0 saturated carbocycles. The number of rotatable bonds is 5. The zero-order chi connectivity index (χ0) is 17.0. The Morgan fingerprint density at radius 2 is 1.35 bits per heavy atom. The van der Waals surface area contributed by atoms with Crippen LogP contribution in [0.2, 0.25) is 19.6 Å². The highest BCUT2D eigenvalue weighted by molar-refractivity contribution is 6.89. The summed E-state index contributed by atoms with van der Waals surface area (Å²) in [4.78, 5) is 12.7. The van der Waals surface area contributed by atoms with Crippen molar-refractivity contribution in [2.75, 3.05) is 14.2 Å². The molecule has 2 rings (SSSR count). The van der Waals surface area contributed by atoms with Crippen LogP contribution in [-0.2, 0) is 0 Å². The number of carbonyl (C=O) groups is 1. The van der Waals surface area contributed by atoms with Crippen molar-refractivity contribution in [3.05, 3.63) is 48.0 Å². The molecule has 0 aliphatic carbocycles. The number of methoxy groups -OCH3 is 2. The number of para-hydroxylation sites is 1. The van der Waals surface area contributed by atoms with E-state index in [1.807, 2.05) is 24.3 Å². The summed E-state index contributed by atoms with van der Waals surface area (Å²) in [6.07, 6.45) is 0. The summed E-state index contributed by atoms with van der Waals surface area (Å²) in [5, 5.41) is 1.10. The molecule has 5 heteroatoms. The first-order chi connectivity index (χ1) is 10.9. The summed E-state index contributed by atoms with van der Waals surface area (Å²) in [6.45, 7) is 6.63. The second-order valence-electron chi connectivity index (χ2n) is 6.17. The first kappa shape index (κ1) is 17.1. The van der Waals surface area contributed by atoms with Crippen LogP contribution < -0.4 is 19.4 Å². The van der Waals surface area contributed by atoms with Crippen molar-refractivity contribution in [1.82, 2.24) is 0 Å². The van der Waals surface area contributed by atoms with Crippen molar-refractivity contribution >= 4 is 19.2 Å². The number of benzene rings is 2. The Morgan fingerprint density at radius 1 is 0.826 bits per heavy atom. The van der Waals surface area contributed by atoms with E-state index in [-0.39, 0.29) is 0 Å². The lowest BCUT2D eigenvalue weighted by Crippen LogP contribution is -2.39. The molecule has 0 spiro atoms. The second-order valence-corrected chi connectivity index (χ2v) is 11.2. The molecule has 0 N–H and O–H groups in total. The largest absolute Gasteiger partial charge is 0.496 e. The smallest absolute Gasteiger partial charge is 0.351 e. The number of carbonyl (C=O) groups excluding carboxylic acids is 1. The van der Waals surface area contributed by atoms with Crippen molar-refractivity contribution in [3.63, 3.8) is 0 Å². The minimum absolute atomic E-state index is 0.294. The predicted molar refractivity (Wildman–Crippen MR) is 93.9 cm³/mol. The van der Waals surface area contributed by atoms with Crippen LogP contribution >= 0.6 is 0 Å². The fraction of sp³-hybridized carbons (Fsp3) is 0.278. The van der Waals surface area contributed by atoms with Crippen LogP contribution in [0.4, 0.5) is 0 Å². The molecule has 0 atom stereocenters. The maximum atomic E-state index is 12.7. The van der Waals surface area contributed by atoms with Gasteiger partial charge in [0.05, 0.1) is 22.3 Å². The van der Waals surface area contributed by atoms with Gasteiger partial charge in [0.2, 0.25) is 0 Å². The molecule has 0 amide bonds. The van der Waals surface area contributed by atoms with Crippen LogP contribution in [0.25, 0.3) is 0 Å².